The molecule has 1 rings (SSSR count). The van der Waals surface area contributed by atoms with Crippen LogP contribution in [0.5, 0.6) is 0 Å². The Bertz CT molecular complexity index is 176. The summed E-state index contributed by atoms with van der Waals surface area (Å²) in [7, 11) is 0. The van der Waals surface area contributed by atoms with Crippen LogP contribution in [0.4, 0.5) is 0 Å². The average Bonchev–Trinajstić information content (AvgIpc) is 1.69. The topological polar surface area (TPSA) is 64.4 Å². The number of hydrogen-bond acceptors (Lipinski definition) is 1. The summed E-state index contributed by atoms with van der Waals surface area (Å²) in [5.41, 5.74) is -0.0532. The zero-order valence-electron chi connectivity index (χ0n) is 4.22. The Labute approximate surface area is 46.3 Å². The van der Waals surface area contributed by atoms with Gasteiger partial charge in [-0.1, -0.05) is 6.07 Å². The van der Waals surface area contributed by atoms with Gasteiger partial charge in [-0.25, -0.2) is 0 Å². The molecule has 0 radical (unpaired) electrons. The van der Waals surface area contributed by atoms with Crippen LogP contribution < -0.4 is 5.56 Å². The minimum Gasteiger partial charge on any atom is -0.412 e. The van der Waals surface area contributed by atoms with Gasteiger partial charge in [0.25, 0.3) is 0 Å². The highest BCUT2D eigenvalue weighted by Gasteiger charge is 1.69. The average molecular weight is 113 g/mol. The molecule has 0 spiro atoms. The van der Waals surface area contributed by atoms with Crippen molar-refractivity contribution in [2.75, 3.05) is 0 Å². The minimum absolute atomic E-state index is 0. The van der Waals surface area contributed by atoms with Gasteiger partial charge in [-0.2, -0.15) is 0 Å². The van der Waals surface area contributed by atoms with Gasteiger partial charge >= 0.3 is 0 Å². The molecule has 8 heavy (non-hydrogen) atoms. The SMILES string of the molecule is O.O=c1cccc[nH]1. The Balaban J connectivity index is 0.000000490. The molecular weight excluding hydrogens is 106 g/mol. The maximum absolute atomic E-state index is 10.2. The summed E-state index contributed by atoms with van der Waals surface area (Å²) in [6, 6.07) is 4.93. The lowest BCUT2D eigenvalue weighted by Gasteiger charge is -1.73. The fraction of sp³-hybridized carbons (Fsp3) is 0. The lowest BCUT2D eigenvalue weighted by molar-refractivity contribution is 0.824. The van der Waals surface area contributed by atoms with Crippen LogP contribution in [0.3, 0.4) is 0 Å². The number of rotatable bonds is 0. The molecule has 3 heteroatoms. The van der Waals surface area contributed by atoms with Gasteiger partial charge in [-0.15, -0.1) is 0 Å². The lowest BCUT2D eigenvalue weighted by atomic mass is 10.5. The Morgan fingerprint density at radius 3 is 2.38 bits per heavy atom. The lowest BCUT2D eigenvalue weighted by Crippen LogP contribution is -1.98. The van der Waals surface area contributed by atoms with Crippen molar-refractivity contribution in [2.45, 2.75) is 0 Å². The first-order valence-corrected chi connectivity index (χ1v) is 2.03. The molecule has 0 aromatic carbocycles. The van der Waals surface area contributed by atoms with Gasteiger partial charge in [0.15, 0.2) is 0 Å². The van der Waals surface area contributed by atoms with Gasteiger partial charge in [-0.05, 0) is 6.07 Å². The van der Waals surface area contributed by atoms with E-state index < -0.39 is 0 Å². The Hall–Kier alpha value is -1.09. The third kappa shape index (κ3) is 1.57. The van der Waals surface area contributed by atoms with Crippen molar-refractivity contribution >= 4 is 0 Å². The van der Waals surface area contributed by atoms with Crippen molar-refractivity contribution in [2.24, 2.45) is 0 Å². The van der Waals surface area contributed by atoms with Crippen LogP contribution in [0, 0.1) is 0 Å². The first-order chi connectivity index (χ1) is 3.39. The summed E-state index contributed by atoms with van der Waals surface area (Å²) in [6.07, 6.45) is 1.60. The number of aromatic amines is 1. The van der Waals surface area contributed by atoms with Crippen molar-refractivity contribution in [3.63, 3.8) is 0 Å². The first-order valence-electron chi connectivity index (χ1n) is 2.03. The van der Waals surface area contributed by atoms with Gasteiger partial charge in [0.2, 0.25) is 5.56 Å². The normalized spacial score (nSPS) is 7.50. The molecule has 44 valence electrons. The maximum atomic E-state index is 10.2. The molecule has 0 atom stereocenters. The van der Waals surface area contributed by atoms with Crippen LogP contribution in [-0.2, 0) is 0 Å². The molecule has 1 aromatic rings. The molecule has 1 heterocycles. The molecule has 0 aliphatic heterocycles. The molecular formula is C5H7NO2. The van der Waals surface area contributed by atoms with E-state index in [0.29, 0.717) is 0 Å². The minimum atomic E-state index is -0.0532. The second kappa shape index (κ2) is 2.98. The number of H-pyrrole nitrogens is 1. The van der Waals surface area contributed by atoms with E-state index in [2.05, 4.69) is 4.98 Å². The van der Waals surface area contributed by atoms with Crippen molar-refractivity contribution in [1.82, 2.24) is 4.98 Å². The predicted octanol–water partition coefficient (Wildman–Crippen LogP) is -0.450. The standard InChI is InChI=1S/C5H5NO.H2O/c7-5-3-1-2-4-6-5;/h1-4H,(H,6,7);1H2. The predicted molar refractivity (Wildman–Crippen MR) is 30.7 cm³/mol. The van der Waals surface area contributed by atoms with Crippen LogP contribution in [0.15, 0.2) is 29.2 Å². The summed E-state index contributed by atoms with van der Waals surface area (Å²) in [4.78, 5) is 12.7. The maximum Gasteiger partial charge on any atom is 0.247 e. The Morgan fingerprint density at radius 2 is 2.12 bits per heavy atom. The molecule has 0 fully saturated rings. The Kier molecular flexibility index (Phi) is 2.58. The summed E-state index contributed by atoms with van der Waals surface area (Å²) in [5, 5.41) is 0. The molecule has 0 bridgehead atoms. The zero-order valence-corrected chi connectivity index (χ0v) is 4.22. The number of pyridine rings is 1. The molecule has 0 saturated heterocycles. The van der Waals surface area contributed by atoms with Crippen LogP contribution in [0.2, 0.25) is 0 Å². The summed E-state index contributed by atoms with van der Waals surface area (Å²) >= 11 is 0. The summed E-state index contributed by atoms with van der Waals surface area (Å²) in [6.45, 7) is 0. The molecule has 3 nitrogen and oxygen atoms in total. The molecule has 0 aliphatic carbocycles. The molecule has 1 aromatic heterocycles. The highest BCUT2D eigenvalue weighted by atomic mass is 16.1. The van der Waals surface area contributed by atoms with Gasteiger partial charge in [0.1, 0.15) is 0 Å². The third-order valence-corrected chi connectivity index (χ3v) is 0.681. The smallest absolute Gasteiger partial charge is 0.247 e. The van der Waals surface area contributed by atoms with Crippen LogP contribution in [0.1, 0.15) is 0 Å². The van der Waals surface area contributed by atoms with E-state index in [1.807, 2.05) is 0 Å². The first kappa shape index (κ1) is 6.91. The Morgan fingerprint density at radius 1 is 1.38 bits per heavy atom. The third-order valence-electron chi connectivity index (χ3n) is 0.681. The van der Waals surface area contributed by atoms with Crippen molar-refractivity contribution in [3.8, 4) is 0 Å². The van der Waals surface area contributed by atoms with E-state index in [-0.39, 0.29) is 11.0 Å². The second-order valence-electron chi connectivity index (χ2n) is 1.23. The van der Waals surface area contributed by atoms with E-state index in [9.17, 15) is 4.79 Å². The van der Waals surface area contributed by atoms with Crippen LogP contribution in [0.25, 0.3) is 0 Å². The van der Waals surface area contributed by atoms with Gasteiger partial charge in [0, 0.05) is 12.3 Å². The van der Waals surface area contributed by atoms with Gasteiger partial charge in [-0.3, -0.25) is 4.79 Å². The number of aromatic nitrogens is 1. The summed E-state index contributed by atoms with van der Waals surface area (Å²) < 4.78 is 0. The molecule has 0 amide bonds. The van der Waals surface area contributed by atoms with Gasteiger partial charge in [0.05, 0.1) is 0 Å². The van der Waals surface area contributed by atoms with E-state index in [1.54, 1.807) is 18.3 Å². The molecule has 0 saturated carbocycles. The highest BCUT2D eigenvalue weighted by Crippen LogP contribution is 1.67. The fourth-order valence-corrected chi connectivity index (χ4v) is 0.377. The van der Waals surface area contributed by atoms with Crippen molar-refractivity contribution in [1.29, 1.82) is 0 Å². The molecule has 0 unspecified atom stereocenters. The monoisotopic (exact) mass is 113 g/mol. The largest absolute Gasteiger partial charge is 0.412 e. The van der Waals surface area contributed by atoms with Gasteiger partial charge < -0.3 is 10.5 Å². The van der Waals surface area contributed by atoms with E-state index in [4.69, 9.17) is 0 Å². The molecule has 3 N–H and O–H groups in total. The van der Waals surface area contributed by atoms with Crippen LogP contribution in [-0.4, -0.2) is 10.5 Å². The quantitative estimate of drug-likeness (QED) is 0.486. The summed E-state index contributed by atoms with van der Waals surface area (Å²) in [5.74, 6) is 0. The van der Waals surface area contributed by atoms with E-state index >= 15 is 0 Å². The number of hydrogen-bond donors (Lipinski definition) is 1. The highest BCUT2D eigenvalue weighted by molar-refractivity contribution is 4.89. The van der Waals surface area contributed by atoms with E-state index in [0.717, 1.165) is 0 Å². The number of nitrogens with one attached hydrogen (secondary N) is 1. The van der Waals surface area contributed by atoms with Crippen molar-refractivity contribution in [3.05, 3.63) is 34.7 Å². The van der Waals surface area contributed by atoms with E-state index in [1.165, 1.54) is 6.07 Å². The molecule has 0 aliphatic rings. The zero-order chi connectivity index (χ0) is 5.11. The van der Waals surface area contributed by atoms with Crippen molar-refractivity contribution < 1.29 is 5.48 Å². The second-order valence-corrected chi connectivity index (χ2v) is 1.23. The van der Waals surface area contributed by atoms with Crippen LogP contribution >= 0.6 is 0 Å². The fourth-order valence-electron chi connectivity index (χ4n) is 0.377.